The summed E-state index contributed by atoms with van der Waals surface area (Å²) in [6, 6.07) is 0. The Kier molecular flexibility index (Phi) is 1.66. The first kappa shape index (κ1) is 5.80. The third-order valence-corrected chi connectivity index (χ3v) is 1.40. The van der Waals surface area contributed by atoms with Gasteiger partial charge < -0.3 is 0 Å². The summed E-state index contributed by atoms with van der Waals surface area (Å²) in [5, 5.41) is 5.89. The third-order valence-electron chi connectivity index (χ3n) is 0.677. The molecule has 0 bridgehead atoms. The number of nitrogens with one attached hydrogen (secondary N) is 2. The lowest BCUT2D eigenvalue weighted by Crippen LogP contribution is -2.00. The third kappa shape index (κ3) is 1.09. The molecule has 0 aliphatic rings. The van der Waals surface area contributed by atoms with Gasteiger partial charge in [0.1, 0.15) is 5.82 Å². The molecule has 8 heavy (non-hydrogen) atoms. The van der Waals surface area contributed by atoms with E-state index >= 15 is 0 Å². The van der Waals surface area contributed by atoms with E-state index in [1.54, 1.807) is 0 Å². The predicted octanol–water partition coefficient (Wildman–Crippen LogP) is 0.0330. The van der Waals surface area contributed by atoms with Crippen molar-refractivity contribution in [3.8, 4) is 0 Å². The second-order valence-electron chi connectivity index (χ2n) is 1.26. The second-order valence-corrected chi connectivity index (χ2v) is 2.02. The molecule has 5 heteroatoms. The molecule has 0 saturated heterocycles. The van der Waals surface area contributed by atoms with Crippen molar-refractivity contribution < 1.29 is 0 Å². The van der Waals surface area contributed by atoms with E-state index in [4.69, 9.17) is 0 Å². The quantitative estimate of drug-likeness (QED) is 0.523. The van der Waals surface area contributed by atoms with Gasteiger partial charge in [0.05, 0.1) is 4.43 Å². The molecule has 2 N–H and O–H groups in total. The zero-order valence-electron chi connectivity index (χ0n) is 3.94. The molecule has 0 atom stereocenters. The van der Waals surface area contributed by atoms with Crippen molar-refractivity contribution in [1.29, 1.82) is 0 Å². The zero-order valence-corrected chi connectivity index (χ0v) is 6.10. The van der Waals surface area contributed by atoms with Crippen LogP contribution in [-0.2, 0) is 4.43 Å². The van der Waals surface area contributed by atoms with Crippen molar-refractivity contribution >= 4 is 22.6 Å². The Balaban J connectivity index is 3.01. The van der Waals surface area contributed by atoms with Gasteiger partial charge >= 0.3 is 5.69 Å². The lowest BCUT2D eigenvalue weighted by atomic mass is 10.8. The van der Waals surface area contributed by atoms with E-state index in [1.165, 1.54) is 0 Å². The Hall–Kier alpha value is -0.330. The standard InChI is InChI=1S/C3H4IN3O/c4-1-2-5-3(8)7-6-2/h1H2,(H2,5,6,7,8). The van der Waals surface area contributed by atoms with Crippen LogP contribution in [0.3, 0.4) is 0 Å². The summed E-state index contributed by atoms with van der Waals surface area (Å²) in [4.78, 5) is 12.8. The van der Waals surface area contributed by atoms with Crippen molar-refractivity contribution in [2.45, 2.75) is 4.43 Å². The molecule has 0 unspecified atom stereocenters. The first-order valence-corrected chi connectivity index (χ1v) is 3.55. The maximum atomic E-state index is 10.3. The maximum absolute atomic E-state index is 10.3. The topological polar surface area (TPSA) is 61.5 Å². The van der Waals surface area contributed by atoms with E-state index in [0.29, 0.717) is 5.82 Å². The van der Waals surface area contributed by atoms with Crippen molar-refractivity contribution in [3.63, 3.8) is 0 Å². The average molecular weight is 225 g/mol. The molecule has 0 saturated carbocycles. The van der Waals surface area contributed by atoms with Gasteiger partial charge in [-0.05, 0) is 0 Å². The molecule has 1 heterocycles. The van der Waals surface area contributed by atoms with E-state index in [0.717, 1.165) is 4.43 Å². The molecule has 1 aromatic heterocycles. The Morgan fingerprint density at radius 1 is 1.75 bits per heavy atom. The van der Waals surface area contributed by atoms with Crippen LogP contribution < -0.4 is 5.69 Å². The summed E-state index contributed by atoms with van der Waals surface area (Å²) < 4.78 is 0.733. The highest BCUT2D eigenvalue weighted by atomic mass is 127. The highest BCUT2D eigenvalue weighted by Crippen LogP contribution is 1.91. The fourth-order valence-corrected chi connectivity index (χ4v) is 0.730. The predicted molar refractivity (Wildman–Crippen MR) is 36.9 cm³/mol. The number of hydrogen-bond acceptors (Lipinski definition) is 2. The number of halogens is 1. The van der Waals surface area contributed by atoms with E-state index in [2.05, 4.69) is 37.8 Å². The van der Waals surface area contributed by atoms with Crippen molar-refractivity contribution in [3.05, 3.63) is 16.3 Å². The van der Waals surface area contributed by atoms with Gasteiger partial charge in [-0.1, -0.05) is 22.6 Å². The molecule has 1 aromatic rings. The summed E-state index contributed by atoms with van der Waals surface area (Å²) in [6.07, 6.45) is 0. The lowest BCUT2D eigenvalue weighted by Gasteiger charge is -1.75. The van der Waals surface area contributed by atoms with Crippen LogP contribution in [0.5, 0.6) is 0 Å². The molecule has 0 radical (unpaired) electrons. The Labute approximate surface area is 58.8 Å². The van der Waals surface area contributed by atoms with Crippen molar-refractivity contribution in [2.24, 2.45) is 0 Å². The molecule has 0 aliphatic carbocycles. The van der Waals surface area contributed by atoms with Crippen molar-refractivity contribution in [2.75, 3.05) is 0 Å². The highest BCUT2D eigenvalue weighted by Gasteiger charge is 1.90. The summed E-state index contributed by atoms with van der Waals surface area (Å²) >= 11 is 2.11. The van der Waals surface area contributed by atoms with Gasteiger partial charge in [-0.25, -0.2) is 9.89 Å². The minimum atomic E-state index is -0.239. The Morgan fingerprint density at radius 2 is 2.50 bits per heavy atom. The minimum absolute atomic E-state index is 0.239. The Bertz CT molecular complexity index is 214. The van der Waals surface area contributed by atoms with Gasteiger partial charge in [0.25, 0.3) is 0 Å². The molecule has 0 aromatic carbocycles. The van der Waals surface area contributed by atoms with Crippen LogP contribution in [-0.4, -0.2) is 15.2 Å². The first-order chi connectivity index (χ1) is 3.83. The van der Waals surface area contributed by atoms with Crippen LogP contribution in [0.25, 0.3) is 0 Å². The van der Waals surface area contributed by atoms with Crippen LogP contribution in [0, 0.1) is 0 Å². The van der Waals surface area contributed by atoms with E-state index in [1.807, 2.05) is 0 Å². The van der Waals surface area contributed by atoms with Gasteiger partial charge in [-0.2, -0.15) is 5.10 Å². The van der Waals surface area contributed by atoms with Crippen LogP contribution in [0.1, 0.15) is 5.82 Å². The number of H-pyrrole nitrogens is 2. The van der Waals surface area contributed by atoms with Gasteiger partial charge in [-0.3, -0.25) is 4.98 Å². The monoisotopic (exact) mass is 225 g/mol. The molecular weight excluding hydrogens is 221 g/mol. The number of aromatic amines is 2. The molecule has 0 amide bonds. The molecular formula is C3H4IN3O. The SMILES string of the molecule is O=c1[nH]nc(CI)[nH]1. The highest BCUT2D eigenvalue weighted by molar-refractivity contribution is 14.1. The van der Waals surface area contributed by atoms with Crippen LogP contribution in [0.4, 0.5) is 0 Å². The Morgan fingerprint density at radius 3 is 2.75 bits per heavy atom. The van der Waals surface area contributed by atoms with Crippen molar-refractivity contribution in [1.82, 2.24) is 15.2 Å². The molecule has 4 nitrogen and oxygen atoms in total. The lowest BCUT2D eigenvalue weighted by molar-refractivity contribution is 1.02. The number of aromatic nitrogens is 3. The number of hydrogen-bond donors (Lipinski definition) is 2. The molecule has 0 fully saturated rings. The molecule has 1 rings (SSSR count). The average Bonchev–Trinajstić information content (AvgIpc) is 2.14. The fraction of sp³-hybridized carbons (Fsp3) is 0.333. The smallest absolute Gasteiger partial charge is 0.292 e. The largest absolute Gasteiger partial charge is 0.340 e. The molecule has 0 aliphatic heterocycles. The zero-order chi connectivity index (χ0) is 5.98. The molecule has 0 spiro atoms. The maximum Gasteiger partial charge on any atom is 0.340 e. The van der Waals surface area contributed by atoms with Gasteiger partial charge in [0.15, 0.2) is 0 Å². The normalized spacial score (nSPS) is 9.62. The summed E-state index contributed by atoms with van der Waals surface area (Å²) in [5.74, 6) is 0.690. The summed E-state index contributed by atoms with van der Waals surface area (Å²) in [7, 11) is 0. The minimum Gasteiger partial charge on any atom is -0.292 e. The van der Waals surface area contributed by atoms with Gasteiger partial charge in [0, 0.05) is 0 Å². The van der Waals surface area contributed by atoms with Crippen LogP contribution in [0.2, 0.25) is 0 Å². The van der Waals surface area contributed by atoms with E-state index in [-0.39, 0.29) is 5.69 Å². The van der Waals surface area contributed by atoms with Gasteiger partial charge in [-0.15, -0.1) is 0 Å². The van der Waals surface area contributed by atoms with E-state index in [9.17, 15) is 4.79 Å². The van der Waals surface area contributed by atoms with E-state index < -0.39 is 0 Å². The number of nitrogens with zero attached hydrogens (tertiary/aromatic N) is 1. The first-order valence-electron chi connectivity index (χ1n) is 2.02. The number of rotatable bonds is 1. The number of alkyl halides is 1. The summed E-state index contributed by atoms with van der Waals surface area (Å²) in [6.45, 7) is 0. The fourth-order valence-electron chi connectivity index (χ4n) is 0.368. The molecule has 44 valence electrons. The second kappa shape index (κ2) is 2.29. The summed E-state index contributed by atoms with van der Waals surface area (Å²) in [5.41, 5.74) is -0.239. The van der Waals surface area contributed by atoms with Crippen LogP contribution >= 0.6 is 22.6 Å². The van der Waals surface area contributed by atoms with Gasteiger partial charge in [0.2, 0.25) is 0 Å². The van der Waals surface area contributed by atoms with Crippen LogP contribution in [0.15, 0.2) is 4.79 Å².